The van der Waals surface area contributed by atoms with Crippen molar-refractivity contribution in [2.75, 3.05) is 0 Å². The second-order valence-electron chi connectivity index (χ2n) is 7.70. The van der Waals surface area contributed by atoms with E-state index < -0.39 is 72.6 Å². The second kappa shape index (κ2) is 13.5. The lowest BCUT2D eigenvalue weighted by molar-refractivity contribution is -0.142. The fourth-order valence-electron chi connectivity index (χ4n) is 2.84. The molecule has 0 radical (unpaired) electrons. The van der Waals surface area contributed by atoms with Crippen molar-refractivity contribution in [3.63, 3.8) is 0 Å². The number of benzene rings is 1. The number of nitrogens with two attached hydrogens (primary N) is 1. The minimum atomic E-state index is -1.50. The monoisotopic (exact) mass is 496 g/mol. The Morgan fingerprint density at radius 3 is 1.91 bits per heavy atom. The zero-order valence-corrected chi connectivity index (χ0v) is 18.8. The number of carboxylic acids is 3. The molecule has 192 valence electrons. The van der Waals surface area contributed by atoms with Crippen molar-refractivity contribution in [2.45, 2.75) is 56.8 Å². The van der Waals surface area contributed by atoms with E-state index in [1.54, 1.807) is 0 Å². The highest BCUT2D eigenvalue weighted by Gasteiger charge is 2.29. The van der Waals surface area contributed by atoms with Gasteiger partial charge in [0.15, 0.2) is 0 Å². The van der Waals surface area contributed by atoms with Gasteiger partial charge in [0.1, 0.15) is 23.9 Å². The highest BCUT2D eigenvalue weighted by atomic mass is 16.4. The number of carbonyl (C=O) groups excluding carboxylic acids is 3. The summed E-state index contributed by atoms with van der Waals surface area (Å²) in [6, 6.07) is 0.0927. The number of aromatic hydroxyl groups is 1. The number of amides is 3. The summed E-state index contributed by atoms with van der Waals surface area (Å²) in [5.41, 5.74) is 5.97. The number of phenolic OH excluding ortho intramolecular Hbond substituents is 1. The molecule has 3 amide bonds. The Morgan fingerprint density at radius 1 is 0.829 bits per heavy atom. The van der Waals surface area contributed by atoms with Crippen molar-refractivity contribution < 1.29 is 49.2 Å². The number of hydrogen-bond donors (Lipinski definition) is 8. The van der Waals surface area contributed by atoms with Gasteiger partial charge in [0, 0.05) is 12.8 Å². The maximum atomic E-state index is 12.6. The van der Waals surface area contributed by atoms with Crippen LogP contribution in [0, 0.1) is 0 Å². The summed E-state index contributed by atoms with van der Waals surface area (Å²) in [6.07, 6.45) is -1.74. The number of phenols is 1. The normalized spacial score (nSPS) is 14.0. The van der Waals surface area contributed by atoms with E-state index in [-0.39, 0.29) is 18.6 Å². The summed E-state index contributed by atoms with van der Waals surface area (Å²) in [5.74, 6) is -6.81. The lowest BCUT2D eigenvalue weighted by Gasteiger charge is -2.23. The molecule has 0 saturated heterocycles. The first-order valence-electron chi connectivity index (χ1n) is 10.4. The minimum Gasteiger partial charge on any atom is -0.508 e. The largest absolute Gasteiger partial charge is 0.508 e. The minimum absolute atomic E-state index is 0.0190. The van der Waals surface area contributed by atoms with E-state index in [1.165, 1.54) is 31.2 Å². The number of carboxylic acid groups (broad SMARTS) is 3. The van der Waals surface area contributed by atoms with Crippen LogP contribution in [0.3, 0.4) is 0 Å². The van der Waals surface area contributed by atoms with Crippen LogP contribution in [-0.4, -0.2) is 80.2 Å². The summed E-state index contributed by atoms with van der Waals surface area (Å²) in [4.78, 5) is 70.3. The molecular formula is C21H28N4O10. The average molecular weight is 496 g/mol. The molecule has 4 unspecified atom stereocenters. The molecule has 1 aromatic rings. The van der Waals surface area contributed by atoms with Crippen LogP contribution in [0.15, 0.2) is 24.3 Å². The predicted molar refractivity (Wildman–Crippen MR) is 118 cm³/mol. The third-order valence-electron chi connectivity index (χ3n) is 4.75. The van der Waals surface area contributed by atoms with Crippen molar-refractivity contribution in [3.05, 3.63) is 29.8 Å². The third kappa shape index (κ3) is 10.5. The summed E-state index contributed by atoms with van der Waals surface area (Å²) in [7, 11) is 0. The predicted octanol–water partition coefficient (Wildman–Crippen LogP) is -1.84. The molecule has 0 aliphatic carbocycles. The van der Waals surface area contributed by atoms with Crippen molar-refractivity contribution in [1.82, 2.24) is 16.0 Å². The van der Waals surface area contributed by atoms with Crippen LogP contribution < -0.4 is 21.7 Å². The van der Waals surface area contributed by atoms with Crippen LogP contribution in [0.2, 0.25) is 0 Å². The van der Waals surface area contributed by atoms with Crippen LogP contribution in [0.4, 0.5) is 0 Å². The molecule has 0 heterocycles. The van der Waals surface area contributed by atoms with E-state index in [9.17, 15) is 39.0 Å². The van der Waals surface area contributed by atoms with Gasteiger partial charge in [-0.15, -0.1) is 0 Å². The van der Waals surface area contributed by atoms with Crippen molar-refractivity contribution in [3.8, 4) is 5.75 Å². The van der Waals surface area contributed by atoms with Gasteiger partial charge in [0.25, 0.3) is 0 Å². The van der Waals surface area contributed by atoms with Gasteiger partial charge >= 0.3 is 17.9 Å². The maximum absolute atomic E-state index is 12.6. The number of nitrogens with one attached hydrogen (secondary N) is 3. The van der Waals surface area contributed by atoms with Gasteiger partial charge in [-0.05, 0) is 31.0 Å². The number of carbonyl (C=O) groups is 6. The van der Waals surface area contributed by atoms with E-state index >= 15 is 0 Å². The van der Waals surface area contributed by atoms with Crippen molar-refractivity contribution in [1.29, 1.82) is 0 Å². The van der Waals surface area contributed by atoms with Gasteiger partial charge in [0.2, 0.25) is 17.7 Å². The fourth-order valence-corrected chi connectivity index (χ4v) is 2.84. The molecule has 4 atom stereocenters. The summed E-state index contributed by atoms with van der Waals surface area (Å²) in [6.45, 7) is 1.25. The van der Waals surface area contributed by atoms with Crippen LogP contribution in [0.1, 0.15) is 31.7 Å². The molecule has 0 aliphatic heterocycles. The van der Waals surface area contributed by atoms with Crippen LogP contribution in [0.25, 0.3) is 0 Å². The number of hydrogen-bond acceptors (Lipinski definition) is 8. The maximum Gasteiger partial charge on any atom is 0.326 e. The Kier molecular flexibility index (Phi) is 11.1. The molecular weight excluding hydrogens is 468 g/mol. The fraction of sp³-hybridized carbons (Fsp3) is 0.429. The lowest BCUT2D eigenvalue weighted by Crippen LogP contribution is -2.56. The van der Waals surface area contributed by atoms with Gasteiger partial charge in [0.05, 0.1) is 12.5 Å². The van der Waals surface area contributed by atoms with Crippen LogP contribution in [0.5, 0.6) is 5.75 Å². The Morgan fingerprint density at radius 2 is 1.40 bits per heavy atom. The van der Waals surface area contributed by atoms with Gasteiger partial charge in [-0.1, -0.05) is 12.1 Å². The topological polar surface area (TPSA) is 245 Å². The Bertz CT molecular complexity index is 950. The van der Waals surface area contributed by atoms with Gasteiger partial charge in [-0.25, -0.2) is 4.79 Å². The quantitative estimate of drug-likeness (QED) is 0.142. The molecule has 1 aromatic carbocycles. The Labute approximate surface area is 199 Å². The smallest absolute Gasteiger partial charge is 0.326 e. The zero-order valence-electron chi connectivity index (χ0n) is 18.8. The van der Waals surface area contributed by atoms with Crippen molar-refractivity contribution in [2.24, 2.45) is 5.73 Å². The molecule has 0 aromatic heterocycles. The first-order valence-corrected chi connectivity index (χ1v) is 10.4. The molecule has 9 N–H and O–H groups in total. The van der Waals surface area contributed by atoms with Gasteiger partial charge in [-0.2, -0.15) is 0 Å². The van der Waals surface area contributed by atoms with Crippen LogP contribution in [-0.2, 0) is 35.2 Å². The van der Waals surface area contributed by atoms with Gasteiger partial charge < -0.3 is 42.1 Å². The first kappa shape index (κ1) is 28.8. The lowest BCUT2D eigenvalue weighted by atomic mass is 10.1. The Balaban J connectivity index is 2.82. The Hall–Kier alpha value is -4.20. The first-order chi connectivity index (χ1) is 16.3. The van der Waals surface area contributed by atoms with Crippen molar-refractivity contribution >= 4 is 35.6 Å². The van der Waals surface area contributed by atoms with E-state index in [4.69, 9.17) is 15.9 Å². The number of rotatable bonds is 14. The van der Waals surface area contributed by atoms with E-state index in [0.717, 1.165) is 0 Å². The van der Waals surface area contributed by atoms with Gasteiger partial charge in [-0.3, -0.25) is 24.0 Å². The van der Waals surface area contributed by atoms with E-state index in [1.807, 2.05) is 0 Å². The third-order valence-corrected chi connectivity index (χ3v) is 4.75. The molecule has 0 saturated carbocycles. The molecule has 14 nitrogen and oxygen atoms in total. The highest BCUT2D eigenvalue weighted by Crippen LogP contribution is 2.11. The molecule has 0 fully saturated rings. The SMILES string of the molecule is CC(NC(=O)C(CCC(=O)O)NC(=O)C(N)CC(=O)O)C(=O)NC(Cc1ccc(O)cc1)C(=O)O. The average Bonchev–Trinajstić information content (AvgIpc) is 2.76. The molecule has 0 bridgehead atoms. The van der Waals surface area contributed by atoms with E-state index in [2.05, 4.69) is 16.0 Å². The van der Waals surface area contributed by atoms with E-state index in [0.29, 0.717) is 5.56 Å². The molecule has 0 spiro atoms. The summed E-state index contributed by atoms with van der Waals surface area (Å²) >= 11 is 0. The molecule has 35 heavy (non-hydrogen) atoms. The standard InChI is InChI=1S/C21H28N4O10/c1-10(18(31)25-15(21(34)35)8-11-2-4-12(26)5-3-11)23-20(33)14(6-7-16(27)28)24-19(32)13(22)9-17(29)30/h2-5,10,13-15,26H,6-9,22H2,1H3,(H,23,33)(H,24,32)(H,25,31)(H,27,28)(H,29,30)(H,34,35). The zero-order chi connectivity index (χ0) is 26.7. The molecule has 0 aliphatic rings. The molecule has 14 heteroatoms. The highest BCUT2D eigenvalue weighted by molar-refractivity contribution is 5.94. The van der Waals surface area contributed by atoms with Crippen LogP contribution >= 0.6 is 0 Å². The number of aliphatic carboxylic acids is 3. The molecule has 1 rings (SSSR count). The second-order valence-corrected chi connectivity index (χ2v) is 7.70. The summed E-state index contributed by atoms with van der Waals surface area (Å²) < 4.78 is 0. The summed E-state index contributed by atoms with van der Waals surface area (Å²) in [5, 5.41) is 43.1.